The molecule has 1 saturated carbocycles. The lowest BCUT2D eigenvalue weighted by atomic mass is 10.00. The third kappa shape index (κ3) is 3.09. The van der Waals surface area contributed by atoms with E-state index in [1.165, 1.54) is 0 Å². The Hall–Kier alpha value is -1.18. The summed E-state index contributed by atoms with van der Waals surface area (Å²) < 4.78 is 35.8. The molecule has 1 aromatic rings. The van der Waals surface area contributed by atoms with Gasteiger partial charge >= 0.3 is 0 Å². The van der Waals surface area contributed by atoms with Crippen LogP contribution in [0.3, 0.4) is 0 Å². The molecule has 7 heteroatoms. The van der Waals surface area contributed by atoms with Gasteiger partial charge in [-0.15, -0.1) is 0 Å². The van der Waals surface area contributed by atoms with Gasteiger partial charge in [0, 0.05) is 18.3 Å². The van der Waals surface area contributed by atoms with Gasteiger partial charge in [-0.2, -0.15) is 0 Å². The number of methoxy groups -OCH3 is 1. The van der Waals surface area contributed by atoms with Crippen LogP contribution < -0.4 is 10.5 Å². The molecular formula is C16H23NO4S2. The zero-order valence-electron chi connectivity index (χ0n) is 13.6. The smallest absolute Gasteiger partial charge is 0.154 e. The minimum atomic E-state index is -3.30. The van der Waals surface area contributed by atoms with Crippen molar-refractivity contribution < 1.29 is 17.9 Å². The second kappa shape index (κ2) is 6.75. The van der Waals surface area contributed by atoms with Crippen LogP contribution in [0.15, 0.2) is 24.3 Å². The number of benzene rings is 1. The molecule has 3 atom stereocenters. The predicted octanol–water partition coefficient (Wildman–Crippen LogP) is 1.90. The zero-order valence-corrected chi connectivity index (χ0v) is 15.2. The molecular weight excluding hydrogens is 334 g/mol. The maximum atomic E-state index is 12.6. The van der Waals surface area contributed by atoms with Crippen molar-refractivity contribution in [3.63, 3.8) is 0 Å². The van der Waals surface area contributed by atoms with E-state index in [-0.39, 0.29) is 23.3 Å². The number of hydrogen-bond donors (Lipinski definition) is 1. The highest BCUT2D eigenvalue weighted by Crippen LogP contribution is 2.63. The summed E-state index contributed by atoms with van der Waals surface area (Å²) in [6.07, 6.45) is 0. The highest BCUT2D eigenvalue weighted by atomic mass is 32.2. The van der Waals surface area contributed by atoms with Crippen LogP contribution >= 0.6 is 12.2 Å². The van der Waals surface area contributed by atoms with E-state index in [1.54, 1.807) is 14.0 Å². The molecule has 0 amide bonds. The summed E-state index contributed by atoms with van der Waals surface area (Å²) in [5.41, 5.74) is 6.03. The fourth-order valence-electron chi connectivity index (χ4n) is 3.20. The lowest BCUT2D eigenvalue weighted by Crippen LogP contribution is -2.34. The number of nitrogens with two attached hydrogens (primary N) is 1. The Morgan fingerprint density at radius 3 is 2.35 bits per heavy atom. The third-order valence-corrected chi connectivity index (χ3v) is 7.18. The van der Waals surface area contributed by atoms with Crippen LogP contribution in [-0.2, 0) is 14.6 Å². The molecule has 1 aromatic carbocycles. The summed E-state index contributed by atoms with van der Waals surface area (Å²) in [4.78, 5) is 0.203. The minimum Gasteiger partial charge on any atom is -0.497 e. The molecule has 128 valence electrons. The first kappa shape index (κ1) is 18.2. The van der Waals surface area contributed by atoms with Crippen molar-refractivity contribution in [1.82, 2.24) is 0 Å². The fourth-order valence-corrected chi connectivity index (χ4v) is 5.67. The van der Waals surface area contributed by atoms with Crippen LogP contribution in [0.4, 0.5) is 0 Å². The van der Waals surface area contributed by atoms with E-state index in [0.717, 1.165) is 11.3 Å². The molecule has 1 fully saturated rings. The lowest BCUT2D eigenvalue weighted by molar-refractivity contribution is 0.121. The largest absolute Gasteiger partial charge is 0.497 e. The van der Waals surface area contributed by atoms with Crippen LogP contribution in [0.2, 0.25) is 0 Å². The maximum Gasteiger partial charge on any atom is 0.154 e. The quantitative estimate of drug-likeness (QED) is 0.716. The van der Waals surface area contributed by atoms with Crippen LogP contribution in [-0.4, -0.2) is 44.7 Å². The number of sulfone groups is 1. The van der Waals surface area contributed by atoms with E-state index in [2.05, 4.69) is 0 Å². The normalized spacial score (nSPS) is 26.7. The monoisotopic (exact) mass is 357 g/mol. The molecule has 0 aliphatic heterocycles. The Labute approximate surface area is 143 Å². The molecule has 0 saturated heterocycles. The number of ether oxygens (including phenoxy) is 2. The van der Waals surface area contributed by atoms with Gasteiger partial charge in [-0.05, 0) is 24.6 Å². The van der Waals surface area contributed by atoms with Gasteiger partial charge in [0.2, 0.25) is 0 Å². The molecule has 0 bridgehead atoms. The highest BCUT2D eigenvalue weighted by molar-refractivity contribution is 7.92. The van der Waals surface area contributed by atoms with Crippen molar-refractivity contribution >= 4 is 27.0 Å². The average Bonchev–Trinajstić information content (AvgIpc) is 3.24. The SMILES string of the molecule is CCOC[C@]1(C(N)=S)[C@H](c2ccc(OC)cc2)[C@H]1S(=O)(=O)CC. The molecule has 1 aliphatic rings. The summed E-state index contributed by atoms with van der Waals surface area (Å²) in [5.74, 6) is 0.498. The molecule has 1 aliphatic carbocycles. The second-order valence-corrected chi connectivity index (χ2v) is 8.52. The number of rotatable bonds is 8. The highest BCUT2D eigenvalue weighted by Gasteiger charge is 2.72. The molecule has 5 nitrogen and oxygen atoms in total. The van der Waals surface area contributed by atoms with Crippen molar-refractivity contribution in [3.8, 4) is 5.75 Å². The second-order valence-electron chi connectivity index (χ2n) is 5.66. The van der Waals surface area contributed by atoms with Gasteiger partial charge in [-0.3, -0.25) is 0 Å². The van der Waals surface area contributed by atoms with Crippen molar-refractivity contribution in [2.45, 2.75) is 25.0 Å². The van der Waals surface area contributed by atoms with Gasteiger partial charge in [-0.25, -0.2) is 8.42 Å². The van der Waals surface area contributed by atoms with E-state index < -0.39 is 20.5 Å². The summed E-state index contributed by atoms with van der Waals surface area (Å²) in [6.45, 7) is 4.21. The molecule has 23 heavy (non-hydrogen) atoms. The summed E-state index contributed by atoms with van der Waals surface area (Å²) in [7, 11) is -1.71. The first-order valence-corrected chi connectivity index (χ1v) is 9.70. The zero-order chi connectivity index (χ0) is 17.3. The average molecular weight is 357 g/mol. The molecule has 0 aromatic heterocycles. The van der Waals surface area contributed by atoms with E-state index in [9.17, 15) is 8.42 Å². The Morgan fingerprint density at radius 1 is 1.30 bits per heavy atom. The minimum absolute atomic E-state index is 0.0564. The van der Waals surface area contributed by atoms with Gasteiger partial charge in [0.05, 0.1) is 29.4 Å². The standard InChI is InChI=1S/C16H23NO4S2/c1-4-21-10-16(15(17)22)13(14(16)23(18,19)5-2)11-6-8-12(20-3)9-7-11/h6-9,13-14H,4-5,10H2,1-3H3,(H2,17,22)/t13-,14-,16+/m1/s1. The Kier molecular flexibility index (Phi) is 5.33. The van der Waals surface area contributed by atoms with Crippen molar-refractivity contribution in [2.24, 2.45) is 11.1 Å². The van der Waals surface area contributed by atoms with Crippen LogP contribution in [0.5, 0.6) is 5.75 Å². The van der Waals surface area contributed by atoms with E-state index >= 15 is 0 Å². The van der Waals surface area contributed by atoms with Crippen molar-refractivity contribution in [1.29, 1.82) is 0 Å². The molecule has 2 rings (SSSR count). The van der Waals surface area contributed by atoms with Gasteiger partial charge in [-0.1, -0.05) is 31.3 Å². The van der Waals surface area contributed by atoms with Crippen LogP contribution in [0, 0.1) is 5.41 Å². The van der Waals surface area contributed by atoms with Gasteiger partial charge < -0.3 is 15.2 Å². The van der Waals surface area contributed by atoms with E-state index in [0.29, 0.717) is 6.61 Å². The summed E-state index contributed by atoms with van der Waals surface area (Å²) >= 11 is 5.24. The summed E-state index contributed by atoms with van der Waals surface area (Å²) in [5, 5.41) is -0.627. The predicted molar refractivity (Wildman–Crippen MR) is 94.7 cm³/mol. The fraction of sp³-hybridized carbons (Fsp3) is 0.562. The van der Waals surface area contributed by atoms with E-state index in [4.69, 9.17) is 27.4 Å². The Morgan fingerprint density at radius 2 is 1.91 bits per heavy atom. The molecule has 0 radical (unpaired) electrons. The molecule has 2 N–H and O–H groups in total. The van der Waals surface area contributed by atoms with Gasteiger partial charge in [0.1, 0.15) is 5.75 Å². The Balaban J connectivity index is 2.46. The molecule has 0 spiro atoms. The van der Waals surface area contributed by atoms with Gasteiger partial charge in [0.25, 0.3) is 0 Å². The number of thiocarbonyl (C=S) groups is 1. The van der Waals surface area contributed by atoms with Crippen molar-refractivity contribution in [3.05, 3.63) is 29.8 Å². The third-order valence-electron chi connectivity index (χ3n) is 4.52. The molecule has 0 heterocycles. The van der Waals surface area contributed by atoms with Crippen LogP contribution in [0.25, 0.3) is 0 Å². The first-order chi connectivity index (χ1) is 10.8. The maximum absolute atomic E-state index is 12.6. The summed E-state index contributed by atoms with van der Waals surface area (Å²) in [6, 6.07) is 7.36. The number of hydrogen-bond acceptors (Lipinski definition) is 5. The van der Waals surface area contributed by atoms with Crippen LogP contribution in [0.1, 0.15) is 25.3 Å². The lowest BCUT2D eigenvalue weighted by Gasteiger charge is -2.16. The van der Waals surface area contributed by atoms with E-state index in [1.807, 2.05) is 31.2 Å². The first-order valence-electron chi connectivity index (χ1n) is 7.58. The molecule has 0 unspecified atom stereocenters. The van der Waals surface area contributed by atoms with Gasteiger partial charge in [0.15, 0.2) is 9.84 Å². The Bertz CT molecular complexity index is 672. The van der Waals surface area contributed by atoms with Crippen molar-refractivity contribution in [2.75, 3.05) is 26.1 Å². The topological polar surface area (TPSA) is 78.6 Å².